The van der Waals surface area contributed by atoms with Gasteiger partial charge in [0.2, 0.25) is 5.91 Å². The van der Waals surface area contributed by atoms with Gasteiger partial charge in [-0.2, -0.15) is 0 Å². The van der Waals surface area contributed by atoms with Crippen molar-refractivity contribution in [3.63, 3.8) is 0 Å². The lowest BCUT2D eigenvalue weighted by atomic mass is 9.78. The molecule has 2 N–H and O–H groups in total. The van der Waals surface area contributed by atoms with Crippen molar-refractivity contribution in [1.29, 1.82) is 0 Å². The number of nitrogens with zero attached hydrogens (tertiary/aromatic N) is 1. The number of hydrogen-bond acceptors (Lipinski definition) is 3. The molecule has 30 heavy (non-hydrogen) atoms. The first-order chi connectivity index (χ1) is 14.0. The second-order valence-electron chi connectivity index (χ2n) is 9.20. The van der Waals surface area contributed by atoms with Crippen molar-refractivity contribution in [2.75, 3.05) is 27.2 Å². The fourth-order valence-electron chi connectivity index (χ4n) is 3.72. The molecule has 0 saturated heterocycles. The molecule has 0 bridgehead atoms. The fourth-order valence-corrected chi connectivity index (χ4v) is 3.72. The van der Waals surface area contributed by atoms with E-state index in [0.717, 1.165) is 31.3 Å². The van der Waals surface area contributed by atoms with Crippen LogP contribution >= 0.6 is 0 Å². The third-order valence-corrected chi connectivity index (χ3v) is 5.50. The van der Waals surface area contributed by atoms with E-state index in [9.17, 15) is 19.9 Å². The maximum atomic E-state index is 12.5. The van der Waals surface area contributed by atoms with Crippen LogP contribution < -0.4 is 5.32 Å². The number of amides is 1. The molecule has 2 atom stereocenters. The summed E-state index contributed by atoms with van der Waals surface area (Å²) in [5.74, 6) is -2.35. The molecule has 1 amide bonds. The van der Waals surface area contributed by atoms with Crippen LogP contribution in [-0.2, 0) is 9.59 Å². The first-order valence-electron chi connectivity index (χ1n) is 11.0. The van der Waals surface area contributed by atoms with E-state index in [0.29, 0.717) is 32.4 Å². The molecule has 0 fully saturated rings. The molecule has 0 spiro atoms. The number of allylic oxidation sites excluding steroid dienone is 6. The number of nitrogens with one attached hydrogen (secondary N) is 1. The summed E-state index contributed by atoms with van der Waals surface area (Å²) in [7, 11) is 3.13. The SMILES string of the molecule is CC(C)=CCC/C(C)=C/CCC1=CCC(C(=O)NCCC[N+](C)(C)[O-])C(C(=O)O)C1. The Kier molecular flexibility index (Phi) is 11.1. The van der Waals surface area contributed by atoms with Crippen molar-refractivity contribution in [2.24, 2.45) is 11.8 Å². The van der Waals surface area contributed by atoms with E-state index in [1.165, 1.54) is 11.1 Å². The summed E-state index contributed by atoms with van der Waals surface area (Å²) in [6.45, 7) is 7.17. The molecule has 170 valence electrons. The number of carbonyl (C=O) groups is 2. The number of rotatable bonds is 12. The van der Waals surface area contributed by atoms with Gasteiger partial charge >= 0.3 is 5.97 Å². The van der Waals surface area contributed by atoms with E-state index in [4.69, 9.17) is 0 Å². The van der Waals surface area contributed by atoms with Crippen LogP contribution in [0.5, 0.6) is 0 Å². The molecule has 6 heteroatoms. The molecule has 0 aromatic heterocycles. The highest BCUT2D eigenvalue weighted by molar-refractivity contribution is 5.85. The lowest BCUT2D eigenvalue weighted by molar-refractivity contribution is -0.840. The molecule has 0 aromatic carbocycles. The standard InChI is InChI=1S/C24H40N2O4/c1-18(2)9-6-10-19(3)11-7-12-20-13-14-21(22(17-20)24(28)29)23(27)25-15-8-16-26(4,5)30/h9,11,13,21-22H,6-8,10,12,14-17H2,1-5H3,(H,25,27)(H,28,29)/b19-11+. The van der Waals surface area contributed by atoms with Gasteiger partial charge in [0.15, 0.2) is 0 Å². The summed E-state index contributed by atoms with van der Waals surface area (Å²) in [6.07, 6.45) is 11.8. The Morgan fingerprint density at radius 2 is 1.90 bits per heavy atom. The van der Waals surface area contributed by atoms with E-state index in [1.807, 2.05) is 6.08 Å². The van der Waals surface area contributed by atoms with Crippen molar-refractivity contribution in [1.82, 2.24) is 5.32 Å². The number of aliphatic carboxylic acids is 1. The highest BCUT2D eigenvalue weighted by atomic mass is 16.5. The highest BCUT2D eigenvalue weighted by Crippen LogP contribution is 2.32. The summed E-state index contributed by atoms with van der Waals surface area (Å²) in [5.41, 5.74) is 3.82. The van der Waals surface area contributed by atoms with Crippen LogP contribution in [0.3, 0.4) is 0 Å². The van der Waals surface area contributed by atoms with Gasteiger partial charge < -0.3 is 20.3 Å². The molecule has 1 aliphatic rings. The average molecular weight is 421 g/mol. The number of hydroxylamine groups is 3. The Bertz CT molecular complexity index is 667. The Morgan fingerprint density at radius 1 is 1.20 bits per heavy atom. The zero-order valence-electron chi connectivity index (χ0n) is 19.4. The molecule has 0 aromatic rings. The molecule has 0 saturated carbocycles. The molecule has 0 aliphatic heterocycles. The monoisotopic (exact) mass is 420 g/mol. The minimum absolute atomic E-state index is 0.219. The predicted octanol–water partition coefficient (Wildman–Crippen LogP) is 4.58. The van der Waals surface area contributed by atoms with Gasteiger partial charge in [-0.25, -0.2) is 0 Å². The van der Waals surface area contributed by atoms with E-state index in [2.05, 4.69) is 38.2 Å². The third kappa shape index (κ3) is 10.7. The number of carboxylic acid groups (broad SMARTS) is 1. The smallest absolute Gasteiger partial charge is 0.307 e. The largest absolute Gasteiger partial charge is 0.633 e. The minimum atomic E-state index is -0.911. The Hall–Kier alpha value is -1.92. The van der Waals surface area contributed by atoms with E-state index in [1.54, 1.807) is 14.1 Å². The molecular weight excluding hydrogens is 380 g/mol. The summed E-state index contributed by atoms with van der Waals surface area (Å²) >= 11 is 0. The van der Waals surface area contributed by atoms with Crippen molar-refractivity contribution < 1.29 is 19.3 Å². The van der Waals surface area contributed by atoms with Crippen molar-refractivity contribution >= 4 is 11.9 Å². The first kappa shape index (κ1) is 26.1. The molecule has 0 heterocycles. The van der Waals surface area contributed by atoms with Crippen LogP contribution in [0.15, 0.2) is 34.9 Å². The van der Waals surface area contributed by atoms with E-state index >= 15 is 0 Å². The van der Waals surface area contributed by atoms with Gasteiger partial charge in [0.25, 0.3) is 0 Å². The van der Waals surface area contributed by atoms with Crippen LogP contribution in [0.4, 0.5) is 0 Å². The van der Waals surface area contributed by atoms with Crippen LogP contribution in [0.2, 0.25) is 0 Å². The quantitative estimate of drug-likeness (QED) is 0.209. The Balaban J connectivity index is 2.53. The number of hydrogen-bond donors (Lipinski definition) is 2. The van der Waals surface area contributed by atoms with Crippen LogP contribution in [0.25, 0.3) is 0 Å². The lowest BCUT2D eigenvalue weighted by Gasteiger charge is -2.33. The van der Waals surface area contributed by atoms with Gasteiger partial charge in [-0.15, -0.1) is 0 Å². The van der Waals surface area contributed by atoms with Crippen LogP contribution in [-0.4, -0.2) is 48.8 Å². The van der Waals surface area contributed by atoms with Gasteiger partial charge in [0.05, 0.1) is 32.5 Å². The van der Waals surface area contributed by atoms with Crippen LogP contribution in [0.1, 0.15) is 65.7 Å². The van der Waals surface area contributed by atoms with Crippen molar-refractivity contribution in [3.8, 4) is 0 Å². The molecular formula is C24H40N2O4. The summed E-state index contributed by atoms with van der Waals surface area (Å²) in [6, 6.07) is 0. The number of carboxylic acids is 1. The van der Waals surface area contributed by atoms with Crippen molar-refractivity contribution in [3.05, 3.63) is 40.2 Å². The maximum absolute atomic E-state index is 12.5. The summed E-state index contributed by atoms with van der Waals surface area (Å²) in [5, 5.41) is 24.0. The Morgan fingerprint density at radius 3 is 2.50 bits per heavy atom. The van der Waals surface area contributed by atoms with E-state index < -0.39 is 22.5 Å². The van der Waals surface area contributed by atoms with E-state index in [-0.39, 0.29) is 5.91 Å². The third-order valence-electron chi connectivity index (χ3n) is 5.50. The second kappa shape index (κ2) is 12.7. The van der Waals surface area contributed by atoms with Gasteiger partial charge in [0.1, 0.15) is 0 Å². The summed E-state index contributed by atoms with van der Waals surface area (Å²) in [4.78, 5) is 24.3. The molecule has 2 unspecified atom stereocenters. The van der Waals surface area contributed by atoms with Crippen LogP contribution in [0, 0.1) is 17.0 Å². The van der Waals surface area contributed by atoms with Gasteiger partial charge in [-0.3, -0.25) is 9.59 Å². The normalized spacial score (nSPS) is 19.8. The van der Waals surface area contributed by atoms with Gasteiger partial charge in [0, 0.05) is 13.0 Å². The van der Waals surface area contributed by atoms with Crippen molar-refractivity contribution in [2.45, 2.75) is 65.7 Å². The first-order valence-corrected chi connectivity index (χ1v) is 11.0. The molecule has 0 radical (unpaired) electrons. The fraction of sp³-hybridized carbons (Fsp3) is 0.667. The number of carbonyl (C=O) groups excluding carboxylic acids is 1. The zero-order valence-corrected chi connectivity index (χ0v) is 19.4. The highest BCUT2D eigenvalue weighted by Gasteiger charge is 2.35. The number of quaternary nitrogens is 1. The predicted molar refractivity (Wildman–Crippen MR) is 122 cm³/mol. The maximum Gasteiger partial charge on any atom is 0.307 e. The zero-order chi connectivity index (χ0) is 22.7. The average Bonchev–Trinajstić information content (AvgIpc) is 2.63. The topological polar surface area (TPSA) is 89.5 Å². The minimum Gasteiger partial charge on any atom is -0.633 e. The second-order valence-corrected chi connectivity index (χ2v) is 9.20. The molecule has 1 rings (SSSR count). The molecule has 6 nitrogen and oxygen atoms in total. The lowest BCUT2D eigenvalue weighted by Crippen LogP contribution is -2.41. The van der Waals surface area contributed by atoms with Gasteiger partial charge in [-0.1, -0.05) is 34.9 Å². The molecule has 1 aliphatic carbocycles. The summed E-state index contributed by atoms with van der Waals surface area (Å²) < 4.78 is -0.397. The Labute approximate surface area is 181 Å². The van der Waals surface area contributed by atoms with Gasteiger partial charge in [-0.05, 0) is 59.3 Å².